The molecule has 0 aromatic heterocycles. The van der Waals surface area contributed by atoms with Crippen molar-refractivity contribution in [2.45, 2.75) is 129 Å². The van der Waals surface area contributed by atoms with Crippen LogP contribution in [0.2, 0.25) is 18.1 Å². The highest BCUT2D eigenvalue weighted by Gasteiger charge is 2.40. The molecule has 5 heteroatoms. The fourth-order valence-corrected chi connectivity index (χ4v) is 4.74. The number of nitrogens with one attached hydrogen (secondary N) is 1. The van der Waals surface area contributed by atoms with Crippen molar-refractivity contribution in [2.24, 2.45) is 5.92 Å². The van der Waals surface area contributed by atoms with Gasteiger partial charge in [0, 0.05) is 11.6 Å². The predicted molar refractivity (Wildman–Crippen MR) is 117 cm³/mol. The molecule has 1 saturated carbocycles. The topological polar surface area (TPSA) is 47.6 Å². The Kier molecular flexibility index (Phi) is 8.03. The van der Waals surface area contributed by atoms with Gasteiger partial charge in [-0.25, -0.2) is 4.79 Å². The summed E-state index contributed by atoms with van der Waals surface area (Å²) in [6, 6.07) is 0. The van der Waals surface area contributed by atoms with Crippen LogP contribution in [-0.2, 0) is 9.16 Å². The Hall–Kier alpha value is -0.553. The van der Waals surface area contributed by atoms with Crippen molar-refractivity contribution in [3.8, 4) is 0 Å². The molecule has 160 valence electrons. The van der Waals surface area contributed by atoms with Crippen molar-refractivity contribution in [3.63, 3.8) is 0 Å². The van der Waals surface area contributed by atoms with E-state index in [1.807, 2.05) is 34.6 Å². The highest BCUT2D eigenvalue weighted by atomic mass is 28.4. The SMILES string of the molecule is CC(C)(C)NC(=O)OC(C)(C)CCC1CCC(O[Si](C)(C)C(C)(C)C)CC1. The van der Waals surface area contributed by atoms with Crippen LogP contribution in [0, 0.1) is 5.92 Å². The molecule has 1 rings (SSSR count). The number of amides is 1. The average molecular weight is 400 g/mol. The largest absolute Gasteiger partial charge is 0.444 e. The highest BCUT2D eigenvalue weighted by molar-refractivity contribution is 6.74. The number of hydrogen-bond donors (Lipinski definition) is 1. The van der Waals surface area contributed by atoms with Gasteiger partial charge in [0.05, 0.1) is 0 Å². The molecule has 1 aliphatic rings. The lowest BCUT2D eigenvalue weighted by atomic mass is 9.82. The molecular weight excluding hydrogens is 354 g/mol. The molecule has 0 aromatic rings. The molecule has 0 unspecified atom stereocenters. The average Bonchev–Trinajstić information content (AvgIpc) is 2.42. The van der Waals surface area contributed by atoms with Gasteiger partial charge >= 0.3 is 6.09 Å². The Morgan fingerprint density at radius 2 is 1.48 bits per heavy atom. The third-order valence-corrected chi connectivity index (χ3v) is 10.6. The minimum absolute atomic E-state index is 0.268. The van der Waals surface area contributed by atoms with Crippen LogP contribution in [0.25, 0.3) is 0 Å². The molecule has 0 heterocycles. The van der Waals surface area contributed by atoms with Gasteiger partial charge in [-0.15, -0.1) is 0 Å². The summed E-state index contributed by atoms with van der Waals surface area (Å²) in [5.74, 6) is 0.720. The van der Waals surface area contributed by atoms with Crippen molar-refractivity contribution in [3.05, 3.63) is 0 Å². The van der Waals surface area contributed by atoms with Crippen molar-refractivity contribution < 1.29 is 14.0 Å². The van der Waals surface area contributed by atoms with Crippen molar-refractivity contribution in [1.82, 2.24) is 5.32 Å². The zero-order valence-electron chi connectivity index (χ0n) is 19.6. The molecular formula is C22H45NO3Si. The van der Waals surface area contributed by atoms with E-state index in [9.17, 15) is 4.79 Å². The summed E-state index contributed by atoms with van der Waals surface area (Å²) in [5, 5.41) is 3.16. The number of alkyl carbamates (subject to hydrolysis) is 1. The van der Waals surface area contributed by atoms with Gasteiger partial charge in [-0.3, -0.25) is 0 Å². The van der Waals surface area contributed by atoms with E-state index in [1.54, 1.807) is 0 Å². The van der Waals surface area contributed by atoms with E-state index in [4.69, 9.17) is 9.16 Å². The zero-order valence-corrected chi connectivity index (χ0v) is 20.6. The molecule has 0 atom stereocenters. The lowest BCUT2D eigenvalue weighted by molar-refractivity contribution is 0.0211. The second-order valence-corrected chi connectivity index (χ2v) is 16.3. The number of carbonyl (C=O) groups is 1. The molecule has 0 radical (unpaired) electrons. The first-order valence-electron chi connectivity index (χ1n) is 10.7. The molecule has 1 fully saturated rings. The van der Waals surface area contributed by atoms with Gasteiger partial charge in [-0.1, -0.05) is 20.8 Å². The van der Waals surface area contributed by atoms with Crippen LogP contribution in [0.15, 0.2) is 0 Å². The van der Waals surface area contributed by atoms with Gasteiger partial charge in [-0.2, -0.15) is 0 Å². The van der Waals surface area contributed by atoms with E-state index in [0.29, 0.717) is 6.10 Å². The Bertz CT molecular complexity index is 481. The second-order valence-electron chi connectivity index (χ2n) is 11.6. The first kappa shape index (κ1) is 24.5. The third-order valence-electron chi connectivity index (χ3n) is 6.06. The van der Waals surface area contributed by atoms with E-state index in [2.05, 4.69) is 39.2 Å². The zero-order chi connectivity index (χ0) is 21.1. The summed E-state index contributed by atoms with van der Waals surface area (Å²) < 4.78 is 12.3. The van der Waals surface area contributed by atoms with Crippen LogP contribution in [0.4, 0.5) is 4.79 Å². The molecule has 4 nitrogen and oxygen atoms in total. The summed E-state index contributed by atoms with van der Waals surface area (Å²) in [5.41, 5.74) is -0.695. The number of rotatable bonds is 6. The lowest BCUT2D eigenvalue weighted by Gasteiger charge is -2.41. The Balaban J connectivity index is 2.39. The van der Waals surface area contributed by atoms with Gasteiger partial charge in [0.2, 0.25) is 0 Å². The molecule has 1 N–H and O–H groups in total. The Morgan fingerprint density at radius 1 is 0.963 bits per heavy atom. The maximum atomic E-state index is 12.0. The van der Waals surface area contributed by atoms with E-state index >= 15 is 0 Å². The lowest BCUT2D eigenvalue weighted by Crippen LogP contribution is -2.45. The Labute approximate surface area is 169 Å². The number of hydrogen-bond acceptors (Lipinski definition) is 3. The fourth-order valence-electron chi connectivity index (χ4n) is 3.32. The standard InChI is InChI=1S/C22H45NO3Si/c1-20(2,3)23-19(24)25-22(7,8)16-15-17-11-13-18(14-12-17)26-27(9,10)21(4,5)6/h17-18H,11-16H2,1-10H3,(H,23,24). The van der Waals surface area contributed by atoms with Gasteiger partial charge in [-0.05, 0) is 97.2 Å². The van der Waals surface area contributed by atoms with E-state index < -0.39 is 13.9 Å². The molecule has 0 aliphatic heterocycles. The molecule has 0 aromatic carbocycles. The van der Waals surface area contributed by atoms with Crippen LogP contribution in [-0.4, -0.2) is 31.7 Å². The van der Waals surface area contributed by atoms with Crippen molar-refractivity contribution in [1.29, 1.82) is 0 Å². The summed E-state index contributed by atoms with van der Waals surface area (Å²) in [6.45, 7) is 21.5. The van der Waals surface area contributed by atoms with Gasteiger partial charge in [0.25, 0.3) is 0 Å². The summed E-state index contributed by atoms with van der Waals surface area (Å²) in [6.07, 6.45) is 6.92. The van der Waals surface area contributed by atoms with Crippen LogP contribution in [0.1, 0.15) is 93.9 Å². The van der Waals surface area contributed by atoms with Crippen molar-refractivity contribution >= 4 is 14.4 Å². The van der Waals surface area contributed by atoms with E-state index in [1.165, 1.54) is 25.7 Å². The molecule has 0 bridgehead atoms. The van der Waals surface area contributed by atoms with E-state index in [0.717, 1.165) is 18.8 Å². The molecule has 0 spiro atoms. The van der Waals surface area contributed by atoms with Crippen LogP contribution < -0.4 is 5.32 Å². The van der Waals surface area contributed by atoms with Gasteiger partial charge in [0.1, 0.15) is 5.60 Å². The number of carbonyl (C=O) groups excluding carboxylic acids is 1. The van der Waals surface area contributed by atoms with Crippen molar-refractivity contribution in [2.75, 3.05) is 0 Å². The first-order valence-corrected chi connectivity index (χ1v) is 13.6. The summed E-state index contributed by atoms with van der Waals surface area (Å²) in [7, 11) is -1.67. The van der Waals surface area contributed by atoms with Gasteiger partial charge < -0.3 is 14.5 Å². The highest BCUT2D eigenvalue weighted by Crippen LogP contribution is 2.40. The smallest absolute Gasteiger partial charge is 0.408 e. The van der Waals surface area contributed by atoms with Crippen LogP contribution in [0.3, 0.4) is 0 Å². The number of ether oxygens (including phenoxy) is 1. The summed E-state index contributed by atoms with van der Waals surface area (Å²) in [4.78, 5) is 12.0. The second kappa shape index (κ2) is 8.85. The maximum absolute atomic E-state index is 12.0. The fraction of sp³-hybridized carbons (Fsp3) is 0.955. The Morgan fingerprint density at radius 3 is 1.93 bits per heavy atom. The maximum Gasteiger partial charge on any atom is 0.408 e. The van der Waals surface area contributed by atoms with Gasteiger partial charge in [0.15, 0.2) is 8.32 Å². The minimum Gasteiger partial charge on any atom is -0.444 e. The monoisotopic (exact) mass is 399 g/mol. The molecule has 1 amide bonds. The molecule has 1 aliphatic carbocycles. The third kappa shape index (κ3) is 8.99. The predicted octanol–water partition coefficient (Wildman–Crippen LogP) is 6.65. The van der Waals surface area contributed by atoms with Crippen LogP contribution in [0.5, 0.6) is 0 Å². The van der Waals surface area contributed by atoms with E-state index in [-0.39, 0.29) is 16.7 Å². The molecule has 27 heavy (non-hydrogen) atoms. The first-order chi connectivity index (χ1) is 12.0. The minimum atomic E-state index is -1.67. The molecule has 0 saturated heterocycles. The summed E-state index contributed by atoms with van der Waals surface area (Å²) >= 11 is 0. The van der Waals surface area contributed by atoms with Crippen LogP contribution >= 0.6 is 0 Å². The quantitative estimate of drug-likeness (QED) is 0.509. The normalized spacial score (nSPS) is 22.4.